The molecular formula is C16H10BrCl2N3O2. The maximum Gasteiger partial charge on any atom is 0.345 e. The summed E-state index contributed by atoms with van der Waals surface area (Å²) in [5.41, 5.74) is 3.99. The summed E-state index contributed by atoms with van der Waals surface area (Å²) < 4.78 is 6.21. The van der Waals surface area contributed by atoms with Gasteiger partial charge in [-0.2, -0.15) is 5.10 Å². The second kappa shape index (κ2) is 6.93. The number of benzene rings is 1. The summed E-state index contributed by atoms with van der Waals surface area (Å²) in [4.78, 5) is 16.0. The molecule has 0 atom stereocenters. The molecule has 0 aliphatic heterocycles. The van der Waals surface area contributed by atoms with Gasteiger partial charge in [-0.25, -0.2) is 4.79 Å². The summed E-state index contributed by atoms with van der Waals surface area (Å²) >= 11 is 15.4. The topological polar surface area (TPSA) is 67.5 Å². The average molecular weight is 427 g/mol. The second-order valence-electron chi connectivity index (χ2n) is 4.92. The lowest BCUT2D eigenvalue weighted by Crippen LogP contribution is -2.13. The number of anilines is 1. The fourth-order valence-corrected chi connectivity index (χ4v) is 2.89. The van der Waals surface area contributed by atoms with Crippen molar-refractivity contribution >= 4 is 61.5 Å². The van der Waals surface area contributed by atoms with Crippen LogP contribution in [0.2, 0.25) is 10.0 Å². The van der Waals surface area contributed by atoms with Crippen LogP contribution in [0.15, 0.2) is 55.4 Å². The molecule has 0 radical (unpaired) electrons. The van der Waals surface area contributed by atoms with Gasteiger partial charge in [0.25, 0.3) is 0 Å². The minimum absolute atomic E-state index is 0.327. The van der Waals surface area contributed by atoms with Gasteiger partial charge in [0, 0.05) is 22.3 Å². The predicted octanol–water partition coefficient (Wildman–Crippen LogP) is 5.09. The van der Waals surface area contributed by atoms with Crippen molar-refractivity contribution in [3.8, 4) is 0 Å². The average Bonchev–Trinajstić information content (AvgIpc) is 2.54. The minimum atomic E-state index is -0.472. The Morgan fingerprint density at radius 3 is 2.67 bits per heavy atom. The van der Waals surface area contributed by atoms with Crippen LogP contribution in [0.1, 0.15) is 12.5 Å². The molecule has 24 heavy (non-hydrogen) atoms. The number of aromatic nitrogens is 1. The molecule has 5 nitrogen and oxygen atoms in total. The van der Waals surface area contributed by atoms with Crippen LogP contribution in [0.25, 0.3) is 11.0 Å². The summed E-state index contributed by atoms with van der Waals surface area (Å²) in [7, 11) is 0. The van der Waals surface area contributed by atoms with Gasteiger partial charge in [0.15, 0.2) is 0 Å². The fraction of sp³-hybridized carbons (Fsp3) is 0.0625. The van der Waals surface area contributed by atoms with Crippen molar-refractivity contribution in [1.82, 2.24) is 4.98 Å². The molecule has 0 aliphatic carbocycles. The first-order valence-electron chi connectivity index (χ1n) is 6.79. The highest BCUT2D eigenvalue weighted by atomic mass is 79.9. The Labute approximate surface area is 155 Å². The minimum Gasteiger partial charge on any atom is -0.422 e. The van der Waals surface area contributed by atoms with Crippen molar-refractivity contribution in [1.29, 1.82) is 0 Å². The van der Waals surface area contributed by atoms with Gasteiger partial charge in [0.2, 0.25) is 0 Å². The van der Waals surface area contributed by atoms with E-state index in [-0.39, 0.29) is 0 Å². The fourth-order valence-electron chi connectivity index (χ4n) is 2.06. The Hall–Kier alpha value is -1.89. The largest absolute Gasteiger partial charge is 0.422 e. The van der Waals surface area contributed by atoms with Gasteiger partial charge in [-0.15, -0.1) is 0 Å². The number of nitrogens with one attached hydrogen (secondary N) is 1. The van der Waals surface area contributed by atoms with E-state index in [1.54, 1.807) is 25.1 Å². The number of hydrogen-bond acceptors (Lipinski definition) is 5. The van der Waals surface area contributed by atoms with E-state index in [9.17, 15) is 4.79 Å². The van der Waals surface area contributed by atoms with Crippen LogP contribution in [0.4, 0.5) is 5.69 Å². The maximum atomic E-state index is 12.2. The summed E-state index contributed by atoms with van der Waals surface area (Å²) in [5.74, 6) is 0. The van der Waals surface area contributed by atoms with Gasteiger partial charge in [-0.1, -0.05) is 39.1 Å². The molecule has 0 fully saturated rings. The van der Waals surface area contributed by atoms with Crippen LogP contribution >= 0.6 is 39.1 Å². The molecule has 1 aromatic carbocycles. The molecule has 2 heterocycles. The molecule has 1 N–H and O–H groups in total. The monoisotopic (exact) mass is 425 g/mol. The van der Waals surface area contributed by atoms with Crippen LogP contribution in [0, 0.1) is 0 Å². The Bertz CT molecular complexity index is 998. The van der Waals surface area contributed by atoms with E-state index < -0.39 is 5.63 Å². The Balaban J connectivity index is 2.00. The van der Waals surface area contributed by atoms with Crippen molar-refractivity contribution in [3.05, 3.63) is 67.2 Å². The highest BCUT2D eigenvalue weighted by Crippen LogP contribution is 2.28. The van der Waals surface area contributed by atoms with Crippen molar-refractivity contribution in [2.45, 2.75) is 6.92 Å². The van der Waals surface area contributed by atoms with Crippen molar-refractivity contribution < 1.29 is 4.42 Å². The third kappa shape index (κ3) is 3.45. The normalized spacial score (nSPS) is 11.8. The molecule has 0 bridgehead atoms. The third-order valence-electron chi connectivity index (χ3n) is 3.27. The zero-order valence-corrected chi connectivity index (χ0v) is 15.4. The maximum absolute atomic E-state index is 12.2. The Kier molecular flexibility index (Phi) is 4.89. The van der Waals surface area contributed by atoms with Crippen LogP contribution in [0.5, 0.6) is 0 Å². The SMILES string of the molecule is C/C(=N/Nc1c(Cl)cncc1Cl)c1cc2cc(Br)ccc2oc1=O. The van der Waals surface area contributed by atoms with Crippen LogP contribution < -0.4 is 11.1 Å². The standard InChI is InChI=1S/C16H10BrCl2N3O2/c1-8(21-22-15-12(18)6-20-7-13(15)19)11-5-9-4-10(17)2-3-14(9)24-16(11)23/h2-7H,1H3,(H,20,22)/b21-8-. The van der Waals surface area contributed by atoms with Gasteiger partial charge in [-0.05, 0) is 31.2 Å². The Morgan fingerprint density at radius 1 is 1.25 bits per heavy atom. The number of rotatable bonds is 3. The summed E-state index contributed by atoms with van der Waals surface area (Å²) in [5, 5.41) is 5.61. The number of hydrogen-bond donors (Lipinski definition) is 1. The van der Waals surface area contributed by atoms with E-state index in [0.29, 0.717) is 32.6 Å². The first-order chi connectivity index (χ1) is 11.5. The molecule has 0 amide bonds. The molecule has 3 rings (SSSR count). The van der Waals surface area contributed by atoms with Gasteiger partial charge < -0.3 is 4.42 Å². The van der Waals surface area contributed by atoms with Crippen LogP contribution in [0.3, 0.4) is 0 Å². The second-order valence-corrected chi connectivity index (χ2v) is 6.65. The van der Waals surface area contributed by atoms with Gasteiger partial charge in [0.05, 0.1) is 27.0 Å². The van der Waals surface area contributed by atoms with E-state index in [1.807, 2.05) is 6.07 Å². The first kappa shape index (κ1) is 17.0. The van der Waals surface area contributed by atoms with E-state index in [4.69, 9.17) is 27.6 Å². The molecule has 0 unspecified atom stereocenters. The Morgan fingerprint density at radius 2 is 1.96 bits per heavy atom. The van der Waals surface area contributed by atoms with Crippen LogP contribution in [-0.2, 0) is 0 Å². The number of nitrogens with zero attached hydrogens (tertiary/aromatic N) is 2. The highest BCUT2D eigenvalue weighted by Gasteiger charge is 2.10. The summed E-state index contributed by atoms with van der Waals surface area (Å²) in [6.07, 6.45) is 2.89. The molecule has 122 valence electrons. The van der Waals surface area contributed by atoms with E-state index in [1.165, 1.54) is 12.4 Å². The number of halogens is 3. The lowest BCUT2D eigenvalue weighted by molar-refractivity contribution is 0.559. The lowest BCUT2D eigenvalue weighted by atomic mass is 10.1. The summed E-state index contributed by atoms with van der Waals surface area (Å²) in [6, 6.07) is 7.12. The third-order valence-corrected chi connectivity index (χ3v) is 4.34. The number of fused-ring (bicyclic) bond motifs is 1. The number of pyridine rings is 1. The quantitative estimate of drug-likeness (QED) is 0.359. The molecule has 2 aromatic heterocycles. The van der Waals surface area contributed by atoms with E-state index in [0.717, 1.165) is 9.86 Å². The molecule has 0 saturated heterocycles. The molecule has 3 aromatic rings. The molecule has 0 aliphatic rings. The van der Waals surface area contributed by atoms with Crippen molar-refractivity contribution in [2.24, 2.45) is 5.10 Å². The predicted molar refractivity (Wildman–Crippen MR) is 100 cm³/mol. The number of hydrazone groups is 1. The zero-order chi connectivity index (χ0) is 17.3. The van der Waals surface area contributed by atoms with Gasteiger partial charge >= 0.3 is 5.63 Å². The van der Waals surface area contributed by atoms with Gasteiger partial charge in [0.1, 0.15) is 5.58 Å². The van der Waals surface area contributed by atoms with Crippen molar-refractivity contribution in [2.75, 3.05) is 5.43 Å². The van der Waals surface area contributed by atoms with Gasteiger partial charge in [-0.3, -0.25) is 10.4 Å². The zero-order valence-electron chi connectivity index (χ0n) is 12.3. The van der Waals surface area contributed by atoms with E-state index in [2.05, 4.69) is 31.4 Å². The summed E-state index contributed by atoms with van der Waals surface area (Å²) in [6.45, 7) is 1.69. The van der Waals surface area contributed by atoms with E-state index >= 15 is 0 Å². The lowest BCUT2D eigenvalue weighted by Gasteiger charge is -2.07. The first-order valence-corrected chi connectivity index (χ1v) is 8.33. The smallest absolute Gasteiger partial charge is 0.345 e. The molecule has 0 spiro atoms. The highest BCUT2D eigenvalue weighted by molar-refractivity contribution is 9.10. The van der Waals surface area contributed by atoms with Crippen molar-refractivity contribution in [3.63, 3.8) is 0 Å². The molecule has 0 saturated carbocycles. The molecule has 8 heteroatoms. The van der Waals surface area contributed by atoms with Crippen LogP contribution in [-0.4, -0.2) is 10.7 Å². The molecular weight excluding hydrogens is 417 g/mol.